The summed E-state index contributed by atoms with van der Waals surface area (Å²) in [6, 6.07) is 4.63. The lowest BCUT2D eigenvalue weighted by Crippen LogP contribution is -2.36. The van der Waals surface area contributed by atoms with Crippen LogP contribution >= 0.6 is 0 Å². The van der Waals surface area contributed by atoms with Gasteiger partial charge in [-0.05, 0) is 78.8 Å². The Bertz CT molecular complexity index is 924. The maximum absolute atomic E-state index is 10.8. The van der Waals surface area contributed by atoms with E-state index in [0.717, 1.165) is 12.2 Å². The molecule has 1 aliphatic heterocycles. The van der Waals surface area contributed by atoms with E-state index < -0.39 is 5.97 Å². The SMILES string of the molecule is CC(C=CC=C1CC(C)(C)Oc2cc3c(cc21)C(C)(C)CCC3(C)C)=CC(=O)O. The highest BCUT2D eigenvalue weighted by Crippen LogP contribution is 2.50. The fraction of sp³-hybridized carbons (Fsp3) is 0.500. The molecule has 1 N–H and O–H groups in total. The molecule has 0 saturated heterocycles. The lowest BCUT2D eigenvalue weighted by atomic mass is 9.62. The molecular weight excluding hydrogens is 360 g/mol. The molecule has 0 bridgehead atoms. The molecule has 1 aliphatic carbocycles. The largest absolute Gasteiger partial charge is 0.487 e. The number of allylic oxidation sites excluding steroid dienone is 4. The number of aliphatic carboxylic acids is 1. The van der Waals surface area contributed by atoms with Gasteiger partial charge in [0.25, 0.3) is 0 Å². The zero-order valence-corrected chi connectivity index (χ0v) is 18.8. The van der Waals surface area contributed by atoms with Gasteiger partial charge in [-0.15, -0.1) is 0 Å². The van der Waals surface area contributed by atoms with Crippen molar-refractivity contribution in [3.63, 3.8) is 0 Å². The van der Waals surface area contributed by atoms with Gasteiger partial charge in [-0.2, -0.15) is 0 Å². The van der Waals surface area contributed by atoms with Crippen LogP contribution in [-0.4, -0.2) is 16.7 Å². The summed E-state index contributed by atoms with van der Waals surface area (Å²) in [4.78, 5) is 10.8. The van der Waals surface area contributed by atoms with Crippen LogP contribution in [0.4, 0.5) is 0 Å². The summed E-state index contributed by atoms with van der Waals surface area (Å²) in [5.41, 5.74) is 5.96. The number of carboxylic acid groups (broad SMARTS) is 1. The molecule has 0 aromatic heterocycles. The maximum Gasteiger partial charge on any atom is 0.328 e. The van der Waals surface area contributed by atoms with E-state index in [9.17, 15) is 4.79 Å². The zero-order valence-electron chi connectivity index (χ0n) is 18.8. The highest BCUT2D eigenvalue weighted by atomic mass is 16.5. The van der Waals surface area contributed by atoms with Crippen LogP contribution in [0.5, 0.6) is 5.75 Å². The van der Waals surface area contributed by atoms with Crippen LogP contribution in [0.15, 0.2) is 42.0 Å². The van der Waals surface area contributed by atoms with Gasteiger partial charge in [-0.3, -0.25) is 0 Å². The van der Waals surface area contributed by atoms with Crippen molar-refractivity contribution in [1.82, 2.24) is 0 Å². The lowest BCUT2D eigenvalue weighted by molar-refractivity contribution is -0.131. The van der Waals surface area contributed by atoms with Gasteiger partial charge in [-0.1, -0.05) is 45.9 Å². The molecule has 29 heavy (non-hydrogen) atoms. The van der Waals surface area contributed by atoms with Crippen LogP contribution in [0.2, 0.25) is 0 Å². The Morgan fingerprint density at radius 1 is 1.03 bits per heavy atom. The Kier molecular flexibility index (Phi) is 5.31. The monoisotopic (exact) mass is 394 g/mol. The summed E-state index contributed by atoms with van der Waals surface area (Å²) in [5, 5.41) is 8.89. The second-order valence-corrected chi connectivity index (χ2v) is 10.5. The normalized spacial score (nSPS) is 23.4. The molecule has 0 unspecified atom stereocenters. The third kappa shape index (κ3) is 4.49. The zero-order chi connectivity index (χ0) is 21.6. The lowest BCUT2D eigenvalue weighted by Gasteiger charge is -2.44. The minimum Gasteiger partial charge on any atom is -0.487 e. The van der Waals surface area contributed by atoms with Gasteiger partial charge in [0, 0.05) is 18.1 Å². The molecule has 0 fully saturated rings. The van der Waals surface area contributed by atoms with Crippen molar-refractivity contribution in [2.24, 2.45) is 0 Å². The van der Waals surface area contributed by atoms with E-state index in [1.54, 1.807) is 6.92 Å². The van der Waals surface area contributed by atoms with E-state index in [2.05, 4.69) is 59.8 Å². The third-order valence-corrected chi connectivity index (χ3v) is 6.31. The molecule has 0 amide bonds. The van der Waals surface area contributed by atoms with Crippen LogP contribution < -0.4 is 4.74 Å². The van der Waals surface area contributed by atoms with E-state index in [-0.39, 0.29) is 16.4 Å². The van der Waals surface area contributed by atoms with Crippen LogP contribution in [0.25, 0.3) is 5.57 Å². The van der Waals surface area contributed by atoms with E-state index in [1.165, 1.54) is 41.2 Å². The van der Waals surface area contributed by atoms with E-state index in [0.29, 0.717) is 5.57 Å². The fourth-order valence-electron chi connectivity index (χ4n) is 4.52. The first-order valence-corrected chi connectivity index (χ1v) is 10.5. The minimum atomic E-state index is -0.922. The van der Waals surface area contributed by atoms with Gasteiger partial charge >= 0.3 is 5.97 Å². The number of hydrogen-bond acceptors (Lipinski definition) is 2. The van der Waals surface area contributed by atoms with Crippen LogP contribution in [0.1, 0.15) is 84.4 Å². The number of benzene rings is 1. The molecule has 3 heteroatoms. The molecule has 0 spiro atoms. The molecule has 1 aromatic carbocycles. The molecule has 1 aromatic rings. The fourth-order valence-corrected chi connectivity index (χ4v) is 4.52. The summed E-state index contributed by atoms with van der Waals surface area (Å²) in [6.07, 6.45) is 10.3. The predicted molar refractivity (Wildman–Crippen MR) is 120 cm³/mol. The number of fused-ring (bicyclic) bond motifs is 2. The number of carbonyl (C=O) groups is 1. The molecule has 0 radical (unpaired) electrons. The molecule has 3 rings (SSSR count). The number of carboxylic acids is 1. The van der Waals surface area contributed by atoms with Crippen molar-refractivity contribution >= 4 is 11.5 Å². The molecule has 0 atom stereocenters. The summed E-state index contributed by atoms with van der Waals surface area (Å²) < 4.78 is 6.40. The van der Waals surface area contributed by atoms with E-state index in [4.69, 9.17) is 9.84 Å². The quantitative estimate of drug-likeness (QED) is 0.466. The van der Waals surface area contributed by atoms with Crippen molar-refractivity contribution in [3.8, 4) is 5.75 Å². The van der Waals surface area contributed by atoms with Crippen molar-refractivity contribution in [2.45, 2.75) is 84.2 Å². The van der Waals surface area contributed by atoms with Crippen molar-refractivity contribution in [1.29, 1.82) is 0 Å². The second kappa shape index (κ2) is 7.19. The van der Waals surface area contributed by atoms with Gasteiger partial charge in [0.15, 0.2) is 0 Å². The Balaban J connectivity index is 2.11. The number of rotatable bonds is 3. The molecule has 2 aliphatic rings. The summed E-state index contributed by atoms with van der Waals surface area (Å²) in [6.45, 7) is 15.4. The molecule has 1 heterocycles. The topological polar surface area (TPSA) is 46.5 Å². The molecule has 3 nitrogen and oxygen atoms in total. The Morgan fingerprint density at radius 2 is 1.62 bits per heavy atom. The first-order valence-electron chi connectivity index (χ1n) is 10.5. The van der Waals surface area contributed by atoms with Crippen LogP contribution in [-0.2, 0) is 15.6 Å². The molecular formula is C26H34O3. The van der Waals surface area contributed by atoms with Gasteiger partial charge in [0.05, 0.1) is 0 Å². The van der Waals surface area contributed by atoms with Gasteiger partial charge in [-0.25, -0.2) is 4.79 Å². The summed E-state index contributed by atoms with van der Waals surface area (Å²) in [5.74, 6) is 0.0389. The smallest absolute Gasteiger partial charge is 0.328 e. The Labute approximate surface area is 175 Å². The molecule has 156 valence electrons. The van der Waals surface area contributed by atoms with E-state index in [1.807, 2.05) is 12.2 Å². The van der Waals surface area contributed by atoms with Gasteiger partial charge < -0.3 is 9.84 Å². The second-order valence-electron chi connectivity index (χ2n) is 10.5. The van der Waals surface area contributed by atoms with Crippen LogP contribution in [0, 0.1) is 0 Å². The van der Waals surface area contributed by atoms with Gasteiger partial charge in [0.2, 0.25) is 0 Å². The Hall–Kier alpha value is -2.29. The highest BCUT2D eigenvalue weighted by molar-refractivity contribution is 5.81. The van der Waals surface area contributed by atoms with Crippen molar-refractivity contribution in [2.75, 3.05) is 0 Å². The van der Waals surface area contributed by atoms with Crippen LogP contribution in [0.3, 0.4) is 0 Å². The standard InChI is InChI=1S/C26H34O3/c1-17(13-23(27)28)9-8-10-18-16-26(6,7)29-22-15-21-20(14-19(18)22)24(2,3)11-12-25(21,4)5/h8-10,13-15H,11-12,16H2,1-7H3,(H,27,28). The maximum atomic E-state index is 10.8. The minimum absolute atomic E-state index is 0.146. The van der Waals surface area contributed by atoms with Crippen molar-refractivity contribution in [3.05, 3.63) is 58.7 Å². The first kappa shape index (κ1) is 21.4. The van der Waals surface area contributed by atoms with E-state index >= 15 is 0 Å². The average molecular weight is 395 g/mol. The first-order chi connectivity index (χ1) is 13.3. The van der Waals surface area contributed by atoms with Crippen molar-refractivity contribution < 1.29 is 14.6 Å². The average Bonchev–Trinajstić information content (AvgIpc) is 2.56. The number of ether oxygens (including phenoxy) is 1. The van der Waals surface area contributed by atoms with Gasteiger partial charge in [0.1, 0.15) is 11.4 Å². The highest BCUT2D eigenvalue weighted by Gasteiger charge is 2.40. The molecule has 0 saturated carbocycles. The number of hydrogen-bond donors (Lipinski definition) is 1. The Morgan fingerprint density at radius 3 is 2.21 bits per heavy atom. The third-order valence-electron chi connectivity index (χ3n) is 6.31. The summed E-state index contributed by atoms with van der Waals surface area (Å²) in [7, 11) is 0. The summed E-state index contributed by atoms with van der Waals surface area (Å²) >= 11 is 0. The predicted octanol–water partition coefficient (Wildman–Crippen LogP) is 6.57.